The smallest absolute Gasteiger partial charge is 0.306 e. The standard InChI is InChI=1S/C15H25N3O2/c1-9(14-10(2)17-18(4)11(14)3)16-8-12-6-5-7-13(12)15(19)20/h9,12-13,16H,5-8H2,1-4H3,(H,19,20). The number of carboxylic acid groups (broad SMARTS) is 1. The fourth-order valence-electron chi connectivity index (χ4n) is 3.45. The summed E-state index contributed by atoms with van der Waals surface area (Å²) in [7, 11) is 1.95. The summed E-state index contributed by atoms with van der Waals surface area (Å²) in [5.74, 6) is -0.561. The van der Waals surface area contributed by atoms with E-state index in [0.717, 1.165) is 31.5 Å². The van der Waals surface area contributed by atoms with Crippen LogP contribution in [0, 0.1) is 25.7 Å². The van der Waals surface area contributed by atoms with Gasteiger partial charge in [0.25, 0.3) is 0 Å². The molecule has 2 N–H and O–H groups in total. The van der Waals surface area contributed by atoms with E-state index in [2.05, 4.69) is 24.3 Å². The van der Waals surface area contributed by atoms with Gasteiger partial charge in [-0.25, -0.2) is 0 Å². The van der Waals surface area contributed by atoms with E-state index in [1.165, 1.54) is 11.3 Å². The number of carboxylic acids is 1. The Morgan fingerprint density at radius 1 is 1.50 bits per heavy atom. The molecule has 0 aromatic carbocycles. The average Bonchev–Trinajstić information content (AvgIpc) is 2.93. The highest BCUT2D eigenvalue weighted by Gasteiger charge is 2.32. The molecule has 2 rings (SSSR count). The predicted octanol–water partition coefficient (Wildman–Crippen LogP) is 2.19. The Kier molecular flexibility index (Phi) is 4.48. The van der Waals surface area contributed by atoms with Crippen LogP contribution in [0.25, 0.3) is 0 Å². The Balaban J connectivity index is 1.98. The van der Waals surface area contributed by atoms with Crippen LogP contribution in [0.3, 0.4) is 0 Å². The van der Waals surface area contributed by atoms with Crippen molar-refractivity contribution in [2.24, 2.45) is 18.9 Å². The first-order chi connectivity index (χ1) is 9.41. The van der Waals surface area contributed by atoms with E-state index in [1.807, 2.05) is 18.7 Å². The summed E-state index contributed by atoms with van der Waals surface area (Å²) in [5, 5.41) is 17.2. The maximum Gasteiger partial charge on any atom is 0.306 e. The molecule has 5 heteroatoms. The highest BCUT2D eigenvalue weighted by Crippen LogP contribution is 2.32. The van der Waals surface area contributed by atoms with Gasteiger partial charge in [0.05, 0.1) is 11.6 Å². The summed E-state index contributed by atoms with van der Waals surface area (Å²) >= 11 is 0. The van der Waals surface area contributed by atoms with E-state index in [0.29, 0.717) is 0 Å². The second kappa shape index (κ2) is 5.95. The van der Waals surface area contributed by atoms with Crippen LogP contribution in [0.5, 0.6) is 0 Å². The Hall–Kier alpha value is -1.36. The van der Waals surface area contributed by atoms with E-state index < -0.39 is 5.97 Å². The Morgan fingerprint density at radius 3 is 2.75 bits per heavy atom. The van der Waals surface area contributed by atoms with Gasteiger partial charge in [0, 0.05) is 24.3 Å². The van der Waals surface area contributed by atoms with Gasteiger partial charge in [-0.05, 0) is 46.1 Å². The van der Waals surface area contributed by atoms with Gasteiger partial charge in [0.15, 0.2) is 0 Å². The molecule has 0 bridgehead atoms. The number of hydrogen-bond acceptors (Lipinski definition) is 3. The summed E-state index contributed by atoms with van der Waals surface area (Å²) in [5.41, 5.74) is 3.45. The average molecular weight is 279 g/mol. The molecule has 0 saturated heterocycles. The number of rotatable bonds is 5. The summed E-state index contributed by atoms with van der Waals surface area (Å²) in [6.07, 6.45) is 2.87. The minimum absolute atomic E-state index is 0.175. The lowest BCUT2D eigenvalue weighted by Gasteiger charge is -2.20. The molecule has 1 fully saturated rings. The van der Waals surface area contributed by atoms with Crippen molar-refractivity contribution in [1.82, 2.24) is 15.1 Å². The van der Waals surface area contributed by atoms with E-state index >= 15 is 0 Å². The first-order valence-electron chi connectivity index (χ1n) is 7.38. The van der Waals surface area contributed by atoms with Crippen LogP contribution in [-0.2, 0) is 11.8 Å². The number of aromatic nitrogens is 2. The van der Waals surface area contributed by atoms with Crippen LogP contribution < -0.4 is 5.32 Å². The molecule has 1 aromatic heterocycles. The molecule has 20 heavy (non-hydrogen) atoms. The maximum atomic E-state index is 11.2. The van der Waals surface area contributed by atoms with Gasteiger partial charge in [0.2, 0.25) is 0 Å². The molecule has 5 nitrogen and oxygen atoms in total. The second-order valence-corrected chi connectivity index (χ2v) is 5.97. The normalized spacial score (nSPS) is 24.0. The molecule has 1 aliphatic rings. The summed E-state index contributed by atoms with van der Waals surface area (Å²) in [6.45, 7) is 6.99. The molecule has 3 atom stereocenters. The third kappa shape index (κ3) is 2.87. The zero-order valence-corrected chi connectivity index (χ0v) is 12.8. The molecule has 1 heterocycles. The highest BCUT2D eigenvalue weighted by molar-refractivity contribution is 5.70. The summed E-state index contributed by atoms with van der Waals surface area (Å²) in [4.78, 5) is 11.2. The van der Waals surface area contributed by atoms with Crippen LogP contribution in [-0.4, -0.2) is 27.4 Å². The summed E-state index contributed by atoms with van der Waals surface area (Å²) < 4.78 is 1.90. The first-order valence-corrected chi connectivity index (χ1v) is 7.38. The van der Waals surface area contributed by atoms with E-state index in [1.54, 1.807) is 0 Å². The molecule has 1 aromatic rings. The van der Waals surface area contributed by atoms with Crippen LogP contribution in [0.15, 0.2) is 0 Å². The van der Waals surface area contributed by atoms with Gasteiger partial charge < -0.3 is 10.4 Å². The van der Waals surface area contributed by atoms with Crippen molar-refractivity contribution >= 4 is 5.97 Å². The van der Waals surface area contributed by atoms with Crippen molar-refractivity contribution in [3.8, 4) is 0 Å². The number of nitrogens with zero attached hydrogens (tertiary/aromatic N) is 2. The fourth-order valence-corrected chi connectivity index (χ4v) is 3.45. The van der Waals surface area contributed by atoms with Gasteiger partial charge in [-0.15, -0.1) is 0 Å². The molecule has 3 unspecified atom stereocenters. The molecule has 0 radical (unpaired) electrons. The summed E-state index contributed by atoms with van der Waals surface area (Å²) in [6, 6.07) is 0.207. The number of carbonyl (C=O) groups is 1. The Morgan fingerprint density at radius 2 is 2.20 bits per heavy atom. The lowest BCUT2D eigenvalue weighted by molar-refractivity contribution is -0.142. The number of hydrogen-bond donors (Lipinski definition) is 2. The topological polar surface area (TPSA) is 67.2 Å². The van der Waals surface area contributed by atoms with Gasteiger partial charge in [0.1, 0.15) is 0 Å². The minimum Gasteiger partial charge on any atom is -0.481 e. The van der Waals surface area contributed by atoms with Crippen LogP contribution >= 0.6 is 0 Å². The van der Waals surface area contributed by atoms with Crippen LogP contribution in [0.4, 0.5) is 0 Å². The maximum absolute atomic E-state index is 11.2. The molecule has 1 saturated carbocycles. The van der Waals surface area contributed by atoms with Gasteiger partial charge in [-0.1, -0.05) is 6.42 Å². The molecule has 0 spiro atoms. The van der Waals surface area contributed by atoms with Crippen LogP contribution in [0.1, 0.15) is 49.2 Å². The predicted molar refractivity (Wildman–Crippen MR) is 77.6 cm³/mol. The molecule has 1 aliphatic carbocycles. The van der Waals surface area contributed by atoms with Crippen LogP contribution in [0.2, 0.25) is 0 Å². The molecular weight excluding hydrogens is 254 g/mol. The molecule has 112 valence electrons. The minimum atomic E-state index is -0.643. The monoisotopic (exact) mass is 279 g/mol. The second-order valence-electron chi connectivity index (χ2n) is 5.97. The van der Waals surface area contributed by atoms with Crippen molar-refractivity contribution in [1.29, 1.82) is 0 Å². The number of aliphatic carboxylic acids is 1. The van der Waals surface area contributed by atoms with Crippen molar-refractivity contribution < 1.29 is 9.90 Å². The fraction of sp³-hybridized carbons (Fsp3) is 0.733. The van der Waals surface area contributed by atoms with E-state index in [-0.39, 0.29) is 17.9 Å². The zero-order valence-electron chi connectivity index (χ0n) is 12.8. The third-order valence-corrected chi connectivity index (χ3v) is 4.66. The van der Waals surface area contributed by atoms with Gasteiger partial charge in [-0.2, -0.15) is 5.10 Å². The van der Waals surface area contributed by atoms with E-state index in [4.69, 9.17) is 0 Å². The molecule has 0 aliphatic heterocycles. The first kappa shape index (κ1) is 15.0. The molecule has 0 amide bonds. The highest BCUT2D eigenvalue weighted by atomic mass is 16.4. The largest absolute Gasteiger partial charge is 0.481 e. The Bertz CT molecular complexity index is 496. The SMILES string of the molecule is Cc1nn(C)c(C)c1C(C)NCC1CCCC1C(=O)O. The Labute approximate surface area is 120 Å². The van der Waals surface area contributed by atoms with Gasteiger partial charge in [-0.3, -0.25) is 9.48 Å². The van der Waals surface area contributed by atoms with Gasteiger partial charge >= 0.3 is 5.97 Å². The lowest BCUT2D eigenvalue weighted by Crippen LogP contribution is -2.31. The zero-order chi connectivity index (χ0) is 14.9. The molecular formula is C15H25N3O2. The number of nitrogens with one attached hydrogen (secondary N) is 1. The van der Waals surface area contributed by atoms with Crippen molar-refractivity contribution in [3.05, 3.63) is 17.0 Å². The van der Waals surface area contributed by atoms with Crippen molar-refractivity contribution in [2.75, 3.05) is 6.54 Å². The van der Waals surface area contributed by atoms with Crippen molar-refractivity contribution in [2.45, 2.75) is 46.1 Å². The van der Waals surface area contributed by atoms with E-state index in [9.17, 15) is 9.90 Å². The van der Waals surface area contributed by atoms with Crippen molar-refractivity contribution in [3.63, 3.8) is 0 Å². The lowest BCUT2D eigenvalue weighted by atomic mass is 9.95. The third-order valence-electron chi connectivity index (χ3n) is 4.66. The number of aryl methyl sites for hydroxylation is 2. The quantitative estimate of drug-likeness (QED) is 0.867.